The summed E-state index contributed by atoms with van der Waals surface area (Å²) in [4.78, 5) is 0. The van der Waals surface area contributed by atoms with Crippen LogP contribution in [0.15, 0.2) is 0 Å². The summed E-state index contributed by atoms with van der Waals surface area (Å²) in [6.45, 7) is 0. The number of hydrogen-bond donors (Lipinski definition) is 1. The molecule has 41 valence electrons. The first-order valence-electron chi connectivity index (χ1n) is 0.987. The van der Waals surface area contributed by atoms with Gasteiger partial charge in [-0.1, -0.05) is 0 Å². The van der Waals surface area contributed by atoms with E-state index in [1.165, 1.54) is 0 Å². The molecule has 0 aromatic rings. The van der Waals surface area contributed by atoms with Crippen molar-refractivity contribution in [2.75, 3.05) is 0 Å². The Balaban J connectivity index is 0. The molecular formula is HEuO4SY. The molecule has 7 heteroatoms. The summed E-state index contributed by atoms with van der Waals surface area (Å²) < 4.78 is 35.5. The molecule has 0 saturated carbocycles. The van der Waals surface area contributed by atoms with Crippen molar-refractivity contribution in [3.8, 4) is 0 Å². The summed E-state index contributed by atoms with van der Waals surface area (Å²) in [7, 11) is 0. The van der Waals surface area contributed by atoms with Crippen LogP contribution in [0.25, 0.3) is 0 Å². The molecule has 0 aliphatic carbocycles. The molecule has 0 aliphatic heterocycles. The molecule has 0 atom stereocenters. The molecule has 0 rings (SSSR count). The van der Waals surface area contributed by atoms with E-state index in [1.807, 2.05) is 0 Å². The first-order valence-corrected chi connectivity index (χ1v) is 7.13. The molecule has 4 nitrogen and oxygen atoms in total. The van der Waals surface area contributed by atoms with Crippen molar-refractivity contribution >= 4 is 5.63 Å². The van der Waals surface area contributed by atoms with E-state index in [-0.39, 0.29) is 49.4 Å². The van der Waals surface area contributed by atoms with Crippen molar-refractivity contribution in [3.05, 3.63) is 0 Å². The van der Waals surface area contributed by atoms with Gasteiger partial charge in [0.25, 0.3) is 0 Å². The Kier molecular flexibility index (Phi) is 9.00. The third-order valence-electron chi connectivity index (χ3n) is 0.122. The molecule has 1 radical (unpaired) electrons. The standard InChI is InChI=1S/Eu.HO3S.O.Y/c;1-4(2)3;;/h;(H,1,2,3);;. The van der Waals surface area contributed by atoms with Gasteiger partial charge >= 0.3 is 48.2 Å². The fraction of sp³-hybridized carbons (Fsp3) is 0. The van der Waals surface area contributed by atoms with Gasteiger partial charge in [0.2, 0.25) is 0 Å². The molecule has 0 bridgehead atoms. The summed E-state index contributed by atoms with van der Waals surface area (Å²) in [5.74, 6) is 0. The normalized spacial score (nSPS) is 8.71. The van der Waals surface area contributed by atoms with Crippen LogP contribution >= 0.6 is 0 Å². The van der Waals surface area contributed by atoms with Gasteiger partial charge in [0.05, 0.1) is 0 Å². The van der Waals surface area contributed by atoms with Crippen molar-refractivity contribution in [2.24, 2.45) is 0 Å². The van der Waals surface area contributed by atoms with Gasteiger partial charge in [-0.3, -0.25) is 0 Å². The third kappa shape index (κ3) is 11.8. The van der Waals surface area contributed by atoms with Crippen LogP contribution in [0.3, 0.4) is 0 Å². The maximum absolute atomic E-state index is 9.33. The Hall–Kier alpha value is 2.40. The van der Waals surface area contributed by atoms with Gasteiger partial charge in [-0.05, 0) is 0 Å². The Bertz CT molecular complexity index is 122. The minimum absolute atomic E-state index is 0. The van der Waals surface area contributed by atoms with E-state index in [9.17, 15) is 10.5 Å². The fourth-order valence-electron chi connectivity index (χ4n) is 0. The molecule has 0 aliphatic rings. The van der Waals surface area contributed by atoms with Crippen molar-refractivity contribution in [1.82, 2.24) is 0 Å². The average molecular weight is 338 g/mol. The first-order chi connectivity index (χ1) is 2.56. The van der Waals surface area contributed by atoms with Gasteiger partial charge in [0.1, 0.15) is 0 Å². The fourth-order valence-corrected chi connectivity index (χ4v) is 0. The molecule has 0 fully saturated rings. The summed E-state index contributed by atoms with van der Waals surface area (Å²) >= 11 is -2.84. The molecule has 0 aromatic heterocycles. The van der Waals surface area contributed by atoms with E-state index >= 15 is 0 Å². The van der Waals surface area contributed by atoms with Gasteiger partial charge in [0, 0.05) is 49.4 Å². The van der Waals surface area contributed by atoms with Crippen LogP contribution in [0.5, 0.6) is 0 Å². The van der Waals surface area contributed by atoms with Gasteiger partial charge in [-0.15, -0.1) is 0 Å². The average Bonchev–Trinajstić information content (AvgIpc) is 1.35. The quantitative estimate of drug-likeness (QED) is 0.637. The van der Waals surface area contributed by atoms with E-state index in [4.69, 9.17) is 4.55 Å². The molecule has 0 aromatic carbocycles. The molecule has 0 spiro atoms. The summed E-state index contributed by atoms with van der Waals surface area (Å²) in [6.07, 6.45) is 0. The van der Waals surface area contributed by atoms with Crippen LogP contribution in [0.4, 0.5) is 0 Å². The first kappa shape index (κ1) is 12.1. The van der Waals surface area contributed by atoms with E-state index in [1.54, 1.807) is 0 Å². The van der Waals surface area contributed by atoms with Gasteiger partial charge in [0.15, 0.2) is 0 Å². The Morgan fingerprint density at radius 1 is 1.43 bits per heavy atom. The Morgan fingerprint density at radius 3 is 1.57 bits per heavy atom. The van der Waals surface area contributed by atoms with Gasteiger partial charge < -0.3 is 0 Å². The van der Waals surface area contributed by atoms with Crippen molar-refractivity contribution < 1.29 is 92.0 Å². The van der Waals surface area contributed by atoms with E-state index in [0.29, 0.717) is 0 Å². The summed E-state index contributed by atoms with van der Waals surface area (Å²) in [6, 6.07) is 0. The third-order valence-corrected chi connectivity index (χ3v) is 2.16. The van der Waals surface area contributed by atoms with Crippen LogP contribution in [0, 0.1) is 49.4 Å². The molecular weight excluding hydrogens is 337 g/mol. The molecule has 0 saturated heterocycles. The number of rotatable bonds is 1. The van der Waals surface area contributed by atoms with Gasteiger partial charge in [-0.25, -0.2) is 0 Å². The molecule has 0 unspecified atom stereocenters. The second-order valence-electron chi connectivity index (χ2n) is 0.611. The van der Waals surface area contributed by atoms with Crippen LogP contribution < -0.4 is 0 Å². The molecule has 0 heterocycles. The topological polar surface area (TPSA) is 71.4 Å². The van der Waals surface area contributed by atoms with Gasteiger partial charge in [-0.2, -0.15) is 0 Å². The minimum atomic E-state index is -4.03. The summed E-state index contributed by atoms with van der Waals surface area (Å²) in [5.41, 5.74) is -4.03. The SMILES string of the molecule is [Eu].[O]=[Y][S](=O)(=O)O. The predicted molar refractivity (Wildman–Crippen MR) is 12.2 cm³/mol. The van der Waals surface area contributed by atoms with E-state index in [2.05, 4.69) is 0 Å². The van der Waals surface area contributed by atoms with Crippen LogP contribution in [-0.2, 0) is 35.3 Å². The zero-order chi connectivity index (χ0) is 5.21. The van der Waals surface area contributed by atoms with Crippen LogP contribution in [-0.4, -0.2) is 13.0 Å². The molecule has 1 N–H and O–H groups in total. The van der Waals surface area contributed by atoms with E-state index < -0.39 is 33.2 Å². The Labute approximate surface area is 95.0 Å². The molecule has 7 heavy (non-hydrogen) atoms. The maximum atomic E-state index is 9.33. The number of hydrogen-bond acceptors (Lipinski definition) is 3. The van der Waals surface area contributed by atoms with Crippen LogP contribution in [0.2, 0.25) is 0 Å². The predicted octanol–water partition coefficient (Wildman–Crippen LogP) is -0.783. The monoisotopic (exact) mass is 339 g/mol. The zero-order valence-corrected chi connectivity index (χ0v) is 9.12. The van der Waals surface area contributed by atoms with Crippen molar-refractivity contribution in [1.29, 1.82) is 0 Å². The van der Waals surface area contributed by atoms with Crippen molar-refractivity contribution in [3.63, 3.8) is 0 Å². The van der Waals surface area contributed by atoms with Crippen molar-refractivity contribution in [2.45, 2.75) is 0 Å². The van der Waals surface area contributed by atoms with E-state index in [0.717, 1.165) is 0 Å². The second-order valence-corrected chi connectivity index (χ2v) is 7.65. The van der Waals surface area contributed by atoms with Crippen LogP contribution in [0.1, 0.15) is 0 Å². The molecule has 0 amide bonds. The Morgan fingerprint density at radius 2 is 1.57 bits per heavy atom. The zero-order valence-electron chi connectivity index (χ0n) is 3.04. The second kappa shape index (κ2) is 5.20. The summed E-state index contributed by atoms with van der Waals surface area (Å²) in [5, 5.41) is 0.